The van der Waals surface area contributed by atoms with Gasteiger partial charge in [0.25, 0.3) is 0 Å². The van der Waals surface area contributed by atoms with Crippen molar-refractivity contribution >= 4 is 11.0 Å². The summed E-state index contributed by atoms with van der Waals surface area (Å²) in [5.74, 6) is 1.00. The molecule has 0 spiro atoms. The van der Waals surface area contributed by atoms with Crippen LogP contribution < -0.4 is 0 Å². The number of benzene rings is 4. The quantitative estimate of drug-likeness (QED) is 0.351. The molecule has 0 aliphatic rings. The number of aromatic nitrogens is 2. The highest BCUT2D eigenvalue weighted by Gasteiger charge is 2.11. The fourth-order valence-electron chi connectivity index (χ4n) is 4.02. The predicted octanol–water partition coefficient (Wildman–Crippen LogP) is 6.50. The van der Waals surface area contributed by atoms with Crippen molar-refractivity contribution in [3.8, 4) is 22.5 Å². The van der Waals surface area contributed by atoms with Gasteiger partial charge >= 0.3 is 0 Å². The number of hydrogen-bond acceptors (Lipinski definition) is 1. The first-order valence-corrected chi connectivity index (χ1v) is 9.94. The van der Waals surface area contributed by atoms with Gasteiger partial charge in [0.05, 0.1) is 11.0 Å². The molecule has 4 aromatic carbocycles. The van der Waals surface area contributed by atoms with Crippen LogP contribution in [0.15, 0.2) is 103 Å². The second-order valence-electron chi connectivity index (χ2n) is 7.38. The molecule has 0 bridgehead atoms. The van der Waals surface area contributed by atoms with Gasteiger partial charge in [-0.25, -0.2) is 4.98 Å². The van der Waals surface area contributed by atoms with E-state index in [0.717, 1.165) is 28.8 Å². The lowest BCUT2D eigenvalue weighted by atomic mass is 9.94. The van der Waals surface area contributed by atoms with Gasteiger partial charge < -0.3 is 4.57 Å². The third kappa shape index (κ3) is 3.34. The summed E-state index contributed by atoms with van der Waals surface area (Å²) in [6, 6.07) is 36.3. The van der Waals surface area contributed by atoms with Gasteiger partial charge in [-0.1, -0.05) is 84.9 Å². The summed E-state index contributed by atoms with van der Waals surface area (Å²) in [5, 5.41) is 0. The van der Waals surface area contributed by atoms with Crippen LogP contribution in [0, 0.1) is 0 Å². The van der Waals surface area contributed by atoms with Crippen molar-refractivity contribution in [3.63, 3.8) is 0 Å². The van der Waals surface area contributed by atoms with E-state index in [4.69, 9.17) is 4.98 Å². The van der Waals surface area contributed by atoms with Crippen LogP contribution in [-0.4, -0.2) is 9.55 Å². The zero-order valence-electron chi connectivity index (χ0n) is 16.4. The average molecular weight is 374 g/mol. The summed E-state index contributed by atoms with van der Waals surface area (Å²) < 4.78 is 2.17. The van der Waals surface area contributed by atoms with Gasteiger partial charge in [0.1, 0.15) is 5.82 Å². The van der Waals surface area contributed by atoms with Crippen molar-refractivity contribution in [3.05, 3.63) is 114 Å². The number of para-hydroxylation sites is 2. The largest absolute Gasteiger partial charge is 0.327 e. The average Bonchev–Trinajstić information content (AvgIpc) is 3.12. The van der Waals surface area contributed by atoms with E-state index in [0.29, 0.717) is 0 Å². The van der Waals surface area contributed by atoms with Crippen LogP contribution in [-0.2, 0) is 13.5 Å². The standard InChI is InChI=1S/C27H22N2/c1-29-26-17-8-7-16-25(26)28-27(29)23-14-9-10-20(19-23)18-22-13-5-6-15-24(22)21-11-3-2-4-12-21/h2-17,19H,18H2,1H3. The van der Waals surface area contributed by atoms with Crippen LogP contribution in [0.5, 0.6) is 0 Å². The van der Waals surface area contributed by atoms with E-state index in [1.54, 1.807) is 0 Å². The lowest BCUT2D eigenvalue weighted by Gasteiger charge is -2.11. The molecule has 140 valence electrons. The SMILES string of the molecule is Cn1c(-c2cccc(Cc3ccccc3-c3ccccc3)c2)nc2ccccc21. The van der Waals surface area contributed by atoms with E-state index in [9.17, 15) is 0 Å². The summed E-state index contributed by atoms with van der Waals surface area (Å²) in [6.07, 6.45) is 0.892. The number of fused-ring (bicyclic) bond motifs is 1. The first-order valence-electron chi connectivity index (χ1n) is 9.94. The minimum atomic E-state index is 0.892. The lowest BCUT2D eigenvalue weighted by molar-refractivity contribution is 0.958. The number of aryl methyl sites for hydroxylation is 1. The molecule has 1 heterocycles. The van der Waals surface area contributed by atoms with E-state index >= 15 is 0 Å². The Morgan fingerprint density at radius 3 is 2.28 bits per heavy atom. The molecule has 5 rings (SSSR count). The Hall–Kier alpha value is -3.65. The number of rotatable bonds is 4. The van der Waals surface area contributed by atoms with Crippen molar-refractivity contribution in [2.45, 2.75) is 6.42 Å². The normalized spacial score (nSPS) is 11.1. The maximum atomic E-state index is 4.86. The van der Waals surface area contributed by atoms with E-state index < -0.39 is 0 Å². The smallest absolute Gasteiger partial charge is 0.140 e. The molecule has 0 N–H and O–H groups in total. The topological polar surface area (TPSA) is 17.8 Å². The molecule has 29 heavy (non-hydrogen) atoms. The highest BCUT2D eigenvalue weighted by molar-refractivity contribution is 5.80. The summed E-state index contributed by atoms with van der Waals surface area (Å²) in [6.45, 7) is 0. The van der Waals surface area contributed by atoms with Gasteiger partial charge in [-0.05, 0) is 46.9 Å². The maximum absolute atomic E-state index is 4.86. The van der Waals surface area contributed by atoms with Crippen molar-refractivity contribution in [2.75, 3.05) is 0 Å². The molecular weight excluding hydrogens is 352 g/mol. The van der Waals surface area contributed by atoms with Crippen LogP contribution in [0.1, 0.15) is 11.1 Å². The van der Waals surface area contributed by atoms with Gasteiger partial charge in [-0.3, -0.25) is 0 Å². The van der Waals surface area contributed by atoms with Gasteiger partial charge in [0.2, 0.25) is 0 Å². The van der Waals surface area contributed by atoms with Gasteiger partial charge in [-0.2, -0.15) is 0 Å². The van der Waals surface area contributed by atoms with E-state index in [2.05, 4.69) is 109 Å². The Labute approximate surface area is 171 Å². The van der Waals surface area contributed by atoms with Crippen LogP contribution in [0.25, 0.3) is 33.5 Å². The van der Waals surface area contributed by atoms with E-state index in [1.165, 1.54) is 22.3 Å². The third-order valence-electron chi connectivity index (χ3n) is 5.47. The van der Waals surface area contributed by atoms with Crippen molar-refractivity contribution in [1.82, 2.24) is 9.55 Å². The zero-order valence-corrected chi connectivity index (χ0v) is 16.4. The van der Waals surface area contributed by atoms with Crippen LogP contribution in [0.2, 0.25) is 0 Å². The Kier molecular flexibility index (Phi) is 4.45. The minimum Gasteiger partial charge on any atom is -0.327 e. The number of hydrogen-bond donors (Lipinski definition) is 0. The molecule has 2 nitrogen and oxygen atoms in total. The van der Waals surface area contributed by atoms with Crippen LogP contribution in [0.4, 0.5) is 0 Å². The summed E-state index contributed by atoms with van der Waals surface area (Å²) in [4.78, 5) is 4.86. The molecule has 5 aromatic rings. The van der Waals surface area contributed by atoms with Crippen molar-refractivity contribution < 1.29 is 0 Å². The van der Waals surface area contributed by atoms with Crippen molar-refractivity contribution in [1.29, 1.82) is 0 Å². The molecule has 0 saturated heterocycles. The predicted molar refractivity (Wildman–Crippen MR) is 121 cm³/mol. The summed E-state index contributed by atoms with van der Waals surface area (Å²) in [5.41, 5.74) is 8.51. The molecule has 0 radical (unpaired) electrons. The first-order chi connectivity index (χ1) is 14.3. The molecule has 0 aliphatic carbocycles. The Morgan fingerprint density at radius 1 is 0.690 bits per heavy atom. The van der Waals surface area contributed by atoms with Crippen LogP contribution in [0.3, 0.4) is 0 Å². The molecule has 2 heteroatoms. The molecule has 0 unspecified atom stereocenters. The van der Waals surface area contributed by atoms with Gasteiger partial charge in [0.15, 0.2) is 0 Å². The van der Waals surface area contributed by atoms with Crippen LogP contribution >= 0.6 is 0 Å². The van der Waals surface area contributed by atoms with Gasteiger partial charge in [0, 0.05) is 12.6 Å². The fraction of sp³-hybridized carbons (Fsp3) is 0.0741. The lowest BCUT2D eigenvalue weighted by Crippen LogP contribution is -1.95. The molecular formula is C27H22N2. The maximum Gasteiger partial charge on any atom is 0.140 e. The highest BCUT2D eigenvalue weighted by Crippen LogP contribution is 2.28. The summed E-state index contributed by atoms with van der Waals surface area (Å²) >= 11 is 0. The molecule has 0 aliphatic heterocycles. The minimum absolute atomic E-state index is 0.892. The summed E-state index contributed by atoms with van der Waals surface area (Å²) in [7, 11) is 2.09. The number of imidazole rings is 1. The van der Waals surface area contributed by atoms with Gasteiger partial charge in [-0.15, -0.1) is 0 Å². The molecule has 0 saturated carbocycles. The third-order valence-corrected chi connectivity index (χ3v) is 5.47. The fourth-order valence-corrected chi connectivity index (χ4v) is 4.02. The Bertz CT molecular complexity index is 1280. The van der Waals surface area contributed by atoms with E-state index in [-0.39, 0.29) is 0 Å². The monoisotopic (exact) mass is 374 g/mol. The second kappa shape index (κ2) is 7.40. The van der Waals surface area contributed by atoms with E-state index in [1.807, 2.05) is 6.07 Å². The highest BCUT2D eigenvalue weighted by atomic mass is 15.1. The first kappa shape index (κ1) is 17.4. The molecule has 0 amide bonds. The number of nitrogens with zero attached hydrogens (tertiary/aromatic N) is 2. The van der Waals surface area contributed by atoms with Crippen molar-refractivity contribution in [2.24, 2.45) is 7.05 Å². The zero-order chi connectivity index (χ0) is 19.6. The Morgan fingerprint density at radius 2 is 1.41 bits per heavy atom. The second-order valence-corrected chi connectivity index (χ2v) is 7.38. The molecule has 0 atom stereocenters. The Balaban J connectivity index is 1.53. The molecule has 0 fully saturated rings. The molecule has 1 aromatic heterocycles.